The van der Waals surface area contributed by atoms with Crippen molar-refractivity contribution < 1.29 is 8.60 Å². The van der Waals surface area contributed by atoms with Gasteiger partial charge in [-0.05, 0) is 46.0 Å². The first kappa shape index (κ1) is 14.3. The number of hydrogen-bond acceptors (Lipinski definition) is 1. The van der Waals surface area contributed by atoms with Crippen LogP contribution in [0.4, 0.5) is 0 Å². The van der Waals surface area contributed by atoms with Crippen molar-refractivity contribution >= 4 is 25.2 Å². The Morgan fingerprint density at radius 2 is 2.00 bits per heavy atom. The van der Waals surface area contributed by atoms with Gasteiger partial charge in [-0.2, -0.15) is 4.40 Å². The molecule has 3 heterocycles. The van der Waals surface area contributed by atoms with Crippen LogP contribution in [0.5, 0.6) is 0 Å². The van der Waals surface area contributed by atoms with E-state index in [1.807, 2.05) is 27.0 Å². The summed E-state index contributed by atoms with van der Waals surface area (Å²) in [6.45, 7) is 9.19. The van der Waals surface area contributed by atoms with Gasteiger partial charge in [0.25, 0.3) is 0 Å². The van der Waals surface area contributed by atoms with Crippen LogP contribution in [-0.2, 0) is 11.0 Å². The van der Waals surface area contributed by atoms with E-state index in [0.29, 0.717) is 5.92 Å². The molecule has 2 atom stereocenters. The molecule has 3 rings (SSSR count). The highest BCUT2D eigenvalue weighted by molar-refractivity contribution is 7.85. The van der Waals surface area contributed by atoms with Crippen LogP contribution in [0.25, 0.3) is 0 Å². The fraction of sp³-hybridized carbons (Fsp3) is 0.923. The van der Waals surface area contributed by atoms with Gasteiger partial charge in [0.15, 0.2) is 0 Å². The molecule has 5 heteroatoms. The third-order valence-corrected chi connectivity index (χ3v) is 5.65. The highest BCUT2D eigenvalue weighted by Crippen LogP contribution is 2.37. The minimum atomic E-state index is -1.12. The zero-order valence-electron chi connectivity index (χ0n) is 11.8. The van der Waals surface area contributed by atoms with Crippen molar-refractivity contribution in [3.63, 3.8) is 0 Å². The molecule has 0 aromatic carbocycles. The smallest absolute Gasteiger partial charge is 0.144 e. The van der Waals surface area contributed by atoms with Gasteiger partial charge in [0.05, 0.1) is 4.75 Å². The van der Waals surface area contributed by atoms with Crippen LogP contribution in [0, 0.1) is 11.8 Å². The topological polar surface area (TPSA) is 29.4 Å². The van der Waals surface area contributed by atoms with Crippen molar-refractivity contribution in [3.8, 4) is 0 Å². The van der Waals surface area contributed by atoms with Crippen LogP contribution in [0.2, 0.25) is 0 Å². The molecule has 0 saturated carbocycles. The Bertz CT molecular complexity index is 356. The van der Waals surface area contributed by atoms with E-state index in [9.17, 15) is 4.21 Å². The van der Waals surface area contributed by atoms with Gasteiger partial charge >= 0.3 is 0 Å². The second-order valence-corrected chi connectivity index (χ2v) is 8.76. The summed E-state index contributed by atoms with van der Waals surface area (Å²) in [4.78, 5) is 0. The monoisotopic (exact) mass is 267 g/mol. The van der Waals surface area contributed by atoms with Gasteiger partial charge in [-0.25, -0.2) is 12.2 Å². The van der Waals surface area contributed by atoms with Crippen molar-refractivity contribution in [1.82, 2.24) is 0 Å². The quantitative estimate of drug-likeness (QED) is 0.567. The Morgan fingerprint density at radius 3 is 2.50 bits per heavy atom. The lowest BCUT2D eigenvalue weighted by atomic mass is 9.74. The standard InChI is InChI=1S/C13H24BN2OS/c1-13(2,3)18(17)15-7-4-12-10-16(14)8-5-11(12)6-9-16/h7,11-12H,4-6,8-10H2,1-3H3/t11?,12-,16?,18?/m1/s1. The van der Waals surface area contributed by atoms with E-state index in [2.05, 4.69) is 4.40 Å². The second-order valence-electron chi connectivity index (χ2n) is 6.83. The van der Waals surface area contributed by atoms with E-state index in [4.69, 9.17) is 7.98 Å². The number of rotatable bonds is 3. The van der Waals surface area contributed by atoms with Gasteiger partial charge < -0.3 is 4.39 Å². The Balaban J connectivity index is 1.88. The minimum Gasteiger partial charge on any atom is -0.588 e. The van der Waals surface area contributed by atoms with E-state index in [-0.39, 0.29) is 4.75 Å². The van der Waals surface area contributed by atoms with Crippen molar-refractivity contribution in [2.24, 2.45) is 16.2 Å². The predicted molar refractivity (Wildman–Crippen MR) is 77.8 cm³/mol. The van der Waals surface area contributed by atoms with Gasteiger partial charge in [0.1, 0.15) is 11.0 Å². The number of piperidine rings is 3. The molecular formula is C13H24BN2OS. The third kappa shape index (κ3) is 3.24. The maximum atomic E-state index is 11.8. The zero-order valence-corrected chi connectivity index (χ0v) is 12.6. The molecule has 3 aliphatic rings. The van der Waals surface area contributed by atoms with Crippen LogP contribution < -0.4 is 0 Å². The van der Waals surface area contributed by atoms with E-state index >= 15 is 0 Å². The molecule has 0 spiro atoms. The lowest BCUT2D eigenvalue weighted by molar-refractivity contribution is -0.841. The molecule has 2 bridgehead atoms. The fourth-order valence-electron chi connectivity index (χ4n) is 3.04. The molecule has 18 heavy (non-hydrogen) atoms. The molecule has 0 amide bonds. The number of hydrogen-bond donors (Lipinski definition) is 0. The zero-order chi connectivity index (χ0) is 13.4. The molecule has 0 aromatic heterocycles. The average molecular weight is 267 g/mol. The molecule has 3 fully saturated rings. The fourth-order valence-corrected chi connectivity index (χ4v) is 3.58. The van der Waals surface area contributed by atoms with Crippen LogP contribution in [0.15, 0.2) is 4.40 Å². The third-order valence-electron chi connectivity index (χ3n) is 4.26. The first-order chi connectivity index (χ1) is 8.30. The van der Waals surface area contributed by atoms with E-state index in [1.165, 1.54) is 12.8 Å². The molecule has 0 N–H and O–H groups in total. The second kappa shape index (κ2) is 5.08. The van der Waals surface area contributed by atoms with Crippen LogP contribution in [-0.4, -0.2) is 47.2 Å². The maximum Gasteiger partial charge on any atom is 0.144 e. The lowest BCUT2D eigenvalue weighted by Gasteiger charge is -2.61. The molecular weight excluding hydrogens is 243 g/mol. The summed E-state index contributed by atoms with van der Waals surface area (Å²) < 4.78 is 16.5. The summed E-state index contributed by atoms with van der Waals surface area (Å²) in [7, 11) is 5.20. The van der Waals surface area contributed by atoms with Gasteiger partial charge in [-0.1, -0.05) is 0 Å². The Labute approximate surface area is 115 Å². The van der Waals surface area contributed by atoms with Gasteiger partial charge in [-0.15, -0.1) is 0 Å². The summed E-state index contributed by atoms with van der Waals surface area (Å²) in [6.07, 6.45) is 5.30. The van der Waals surface area contributed by atoms with E-state index in [0.717, 1.165) is 36.4 Å². The van der Waals surface area contributed by atoms with Gasteiger partial charge in [-0.3, -0.25) is 0 Å². The molecule has 101 valence electrons. The molecule has 3 nitrogen and oxygen atoms in total. The van der Waals surface area contributed by atoms with Crippen LogP contribution >= 0.6 is 0 Å². The Hall–Kier alpha value is -0.155. The van der Waals surface area contributed by atoms with E-state index < -0.39 is 11.0 Å². The van der Waals surface area contributed by atoms with Crippen molar-refractivity contribution in [3.05, 3.63) is 0 Å². The summed E-state index contributed by atoms with van der Waals surface area (Å²) in [6, 6.07) is 0. The van der Waals surface area contributed by atoms with Crippen molar-refractivity contribution in [2.75, 3.05) is 19.6 Å². The SMILES string of the molecule is [B-][N+]12CCC(CC1)[C@H](CC=NS(=O)C(C)(C)C)C2. The van der Waals surface area contributed by atoms with E-state index in [1.54, 1.807) is 0 Å². The first-order valence-corrected chi connectivity index (χ1v) is 8.00. The number of quaternary nitrogens is 1. The molecule has 0 aliphatic carbocycles. The van der Waals surface area contributed by atoms with Gasteiger partial charge in [0.2, 0.25) is 0 Å². The Kier molecular flexibility index (Phi) is 4.03. The average Bonchev–Trinajstić information content (AvgIpc) is 2.27. The molecule has 3 radical (unpaired) electrons. The minimum absolute atomic E-state index is 0.257. The number of nitrogens with zero attached hydrogens (tertiary/aromatic N) is 2. The molecule has 3 saturated heterocycles. The van der Waals surface area contributed by atoms with Crippen molar-refractivity contribution in [2.45, 2.75) is 44.8 Å². The largest absolute Gasteiger partial charge is 0.588 e. The summed E-state index contributed by atoms with van der Waals surface area (Å²) in [5, 5.41) is 0. The first-order valence-electron chi connectivity index (χ1n) is 6.89. The normalized spacial score (nSPS) is 38.2. The van der Waals surface area contributed by atoms with Crippen LogP contribution in [0.3, 0.4) is 0 Å². The van der Waals surface area contributed by atoms with Crippen LogP contribution in [0.1, 0.15) is 40.0 Å². The molecule has 3 aliphatic heterocycles. The molecule has 0 aromatic rings. The lowest BCUT2D eigenvalue weighted by Crippen LogP contribution is -2.60. The summed E-state index contributed by atoms with van der Waals surface area (Å²) in [5.74, 6) is 1.45. The molecule has 1 unspecified atom stereocenters. The van der Waals surface area contributed by atoms with Gasteiger partial charge in [0, 0.05) is 31.8 Å². The predicted octanol–water partition coefficient (Wildman–Crippen LogP) is 1.85. The summed E-state index contributed by atoms with van der Waals surface area (Å²) >= 11 is 0. The highest BCUT2D eigenvalue weighted by atomic mass is 32.2. The number of fused-ring (bicyclic) bond motifs is 3. The highest BCUT2D eigenvalue weighted by Gasteiger charge is 2.36. The maximum absolute atomic E-state index is 11.8. The summed E-state index contributed by atoms with van der Waals surface area (Å²) in [5.41, 5.74) is 0. The van der Waals surface area contributed by atoms with Crippen molar-refractivity contribution in [1.29, 1.82) is 0 Å². The Morgan fingerprint density at radius 1 is 1.39 bits per heavy atom.